The summed E-state index contributed by atoms with van der Waals surface area (Å²) in [6.45, 7) is 8.54. The van der Waals surface area contributed by atoms with Crippen LogP contribution in [-0.4, -0.2) is 32.1 Å². The molecule has 2 nitrogen and oxygen atoms in total. The van der Waals surface area contributed by atoms with Gasteiger partial charge in [0, 0.05) is 12.1 Å². The van der Waals surface area contributed by atoms with Gasteiger partial charge in [0.15, 0.2) is 0 Å². The molecule has 92 valence electrons. The first-order valence-corrected chi connectivity index (χ1v) is 6.22. The Balaban J connectivity index is 0.000000181. The Kier molecular flexibility index (Phi) is 5.73. The van der Waals surface area contributed by atoms with Gasteiger partial charge in [-0.1, -0.05) is 35.8 Å². The molecule has 0 saturated carbocycles. The molecule has 4 unspecified atom stereocenters. The third-order valence-corrected chi connectivity index (χ3v) is 3.16. The molecule has 0 amide bonds. The van der Waals surface area contributed by atoms with Crippen molar-refractivity contribution in [1.29, 1.82) is 0 Å². The average Bonchev–Trinajstić information content (AvgIpc) is 2.28. The van der Waals surface area contributed by atoms with Crippen molar-refractivity contribution in [3.05, 3.63) is 30.3 Å². The first kappa shape index (κ1) is 14.3. The minimum Gasteiger partial charge on any atom is -0.372 e. The van der Waals surface area contributed by atoms with Gasteiger partial charge in [-0.05, 0) is 27.7 Å². The molecule has 3 heteroatoms. The van der Waals surface area contributed by atoms with Crippen molar-refractivity contribution in [1.82, 2.24) is 5.32 Å². The summed E-state index contributed by atoms with van der Waals surface area (Å²) in [5.74, 6) is 0. The van der Waals surface area contributed by atoms with E-state index in [0.29, 0.717) is 24.3 Å². The number of ether oxygens (including phenoxy) is 1. The van der Waals surface area contributed by atoms with Crippen molar-refractivity contribution in [3.63, 3.8) is 0 Å². The SMILES string of the molecule is CC1NC(C)C(C)OC1C.[B]c1ccccc1. The Hall–Kier alpha value is -0.795. The van der Waals surface area contributed by atoms with Crippen LogP contribution >= 0.6 is 0 Å². The van der Waals surface area contributed by atoms with Gasteiger partial charge in [-0.3, -0.25) is 0 Å². The highest BCUT2D eigenvalue weighted by atomic mass is 16.5. The molecule has 0 spiro atoms. The zero-order valence-electron chi connectivity index (χ0n) is 11.2. The second-order valence-corrected chi connectivity index (χ2v) is 4.70. The lowest BCUT2D eigenvalue weighted by atomic mass is 9.97. The first-order chi connectivity index (χ1) is 8.00. The van der Waals surface area contributed by atoms with Crippen molar-refractivity contribution in [2.24, 2.45) is 0 Å². The minimum atomic E-state index is 0.353. The average molecular weight is 231 g/mol. The van der Waals surface area contributed by atoms with Gasteiger partial charge in [0.25, 0.3) is 0 Å². The van der Waals surface area contributed by atoms with Crippen LogP contribution in [0, 0.1) is 0 Å². The van der Waals surface area contributed by atoms with Crippen LogP contribution in [0.3, 0.4) is 0 Å². The predicted molar refractivity (Wildman–Crippen MR) is 73.9 cm³/mol. The van der Waals surface area contributed by atoms with E-state index in [9.17, 15) is 0 Å². The Labute approximate surface area is 106 Å². The van der Waals surface area contributed by atoms with Crippen LogP contribution < -0.4 is 10.8 Å². The maximum atomic E-state index is 5.65. The standard InChI is InChI=1S/C8H17NO.C6H5B/c1-5-7(3)10-8(4)6(2)9-5;7-6-4-2-1-3-5-6/h5-9H,1-4H3;1-5H. The van der Waals surface area contributed by atoms with Gasteiger partial charge in [-0.25, -0.2) is 0 Å². The number of rotatable bonds is 0. The van der Waals surface area contributed by atoms with Crippen LogP contribution in [-0.2, 0) is 4.74 Å². The summed E-state index contributed by atoms with van der Waals surface area (Å²) in [5.41, 5.74) is 0.822. The second-order valence-electron chi connectivity index (χ2n) is 4.70. The van der Waals surface area contributed by atoms with Crippen molar-refractivity contribution in [2.75, 3.05) is 0 Å². The van der Waals surface area contributed by atoms with E-state index >= 15 is 0 Å². The first-order valence-electron chi connectivity index (χ1n) is 6.22. The topological polar surface area (TPSA) is 21.3 Å². The van der Waals surface area contributed by atoms with Gasteiger partial charge in [0.2, 0.25) is 0 Å². The van der Waals surface area contributed by atoms with E-state index in [1.165, 1.54) is 0 Å². The van der Waals surface area contributed by atoms with Gasteiger partial charge in [0.1, 0.15) is 7.85 Å². The molecule has 1 saturated heterocycles. The molecule has 1 aliphatic rings. The molecule has 1 heterocycles. The molecular weight excluding hydrogens is 209 g/mol. The number of nitrogens with one attached hydrogen (secondary N) is 1. The molecule has 0 aliphatic carbocycles. The molecule has 2 rings (SSSR count). The van der Waals surface area contributed by atoms with Crippen LogP contribution in [0.1, 0.15) is 27.7 Å². The van der Waals surface area contributed by atoms with E-state index in [0.717, 1.165) is 5.46 Å². The van der Waals surface area contributed by atoms with Crippen LogP contribution in [0.4, 0.5) is 0 Å². The summed E-state index contributed by atoms with van der Waals surface area (Å²) >= 11 is 0. The van der Waals surface area contributed by atoms with E-state index < -0.39 is 0 Å². The predicted octanol–water partition coefficient (Wildman–Crippen LogP) is 1.64. The fourth-order valence-electron chi connectivity index (χ4n) is 1.71. The summed E-state index contributed by atoms with van der Waals surface area (Å²) in [4.78, 5) is 0. The minimum absolute atomic E-state index is 0.353. The molecule has 1 aromatic rings. The highest BCUT2D eigenvalue weighted by molar-refractivity contribution is 6.32. The lowest BCUT2D eigenvalue weighted by Crippen LogP contribution is -2.54. The second kappa shape index (κ2) is 6.82. The maximum Gasteiger partial charge on any atom is 0.113 e. The van der Waals surface area contributed by atoms with Crippen molar-refractivity contribution in [2.45, 2.75) is 52.0 Å². The third-order valence-electron chi connectivity index (χ3n) is 3.16. The van der Waals surface area contributed by atoms with E-state index in [4.69, 9.17) is 12.6 Å². The van der Waals surface area contributed by atoms with E-state index in [-0.39, 0.29) is 0 Å². The van der Waals surface area contributed by atoms with Gasteiger partial charge >= 0.3 is 0 Å². The Morgan fingerprint density at radius 2 is 1.41 bits per heavy atom. The highest BCUT2D eigenvalue weighted by Gasteiger charge is 2.26. The number of hydrogen-bond donors (Lipinski definition) is 1. The Morgan fingerprint density at radius 3 is 1.71 bits per heavy atom. The van der Waals surface area contributed by atoms with Crippen LogP contribution in [0.2, 0.25) is 0 Å². The monoisotopic (exact) mass is 231 g/mol. The molecule has 2 radical (unpaired) electrons. The number of benzene rings is 1. The number of morpholine rings is 1. The van der Waals surface area contributed by atoms with Gasteiger partial charge in [0.05, 0.1) is 12.2 Å². The van der Waals surface area contributed by atoms with Crippen LogP contribution in [0.15, 0.2) is 30.3 Å². The molecule has 1 aromatic carbocycles. The zero-order valence-corrected chi connectivity index (χ0v) is 11.2. The largest absolute Gasteiger partial charge is 0.372 e. The Bertz CT molecular complexity index is 291. The molecule has 0 bridgehead atoms. The molecule has 1 aliphatic heterocycles. The van der Waals surface area contributed by atoms with Crippen LogP contribution in [0.5, 0.6) is 0 Å². The molecule has 17 heavy (non-hydrogen) atoms. The summed E-state index contributed by atoms with van der Waals surface area (Å²) in [6.07, 6.45) is 0.706. The van der Waals surface area contributed by atoms with Gasteiger partial charge in [-0.15, -0.1) is 0 Å². The van der Waals surface area contributed by atoms with E-state index in [1.54, 1.807) is 0 Å². The van der Waals surface area contributed by atoms with E-state index in [2.05, 4.69) is 33.0 Å². The lowest BCUT2D eigenvalue weighted by molar-refractivity contribution is -0.0620. The summed E-state index contributed by atoms with van der Waals surface area (Å²) < 4.78 is 5.65. The van der Waals surface area contributed by atoms with Crippen molar-refractivity contribution >= 4 is 13.3 Å². The number of hydrogen-bond acceptors (Lipinski definition) is 2. The normalized spacial score (nSPS) is 32.5. The van der Waals surface area contributed by atoms with E-state index in [1.807, 2.05) is 30.3 Å². The smallest absolute Gasteiger partial charge is 0.113 e. The lowest BCUT2D eigenvalue weighted by Gasteiger charge is -2.37. The molecular formula is C14H22BNO. The third kappa shape index (κ3) is 4.92. The molecule has 4 atom stereocenters. The summed E-state index contributed by atoms with van der Waals surface area (Å²) in [5, 5.41) is 3.45. The van der Waals surface area contributed by atoms with Crippen molar-refractivity contribution < 1.29 is 4.74 Å². The molecule has 1 fully saturated rings. The Morgan fingerprint density at radius 1 is 0.941 bits per heavy atom. The van der Waals surface area contributed by atoms with Gasteiger partial charge < -0.3 is 10.1 Å². The molecule has 1 N–H and O–H groups in total. The summed E-state index contributed by atoms with van der Waals surface area (Å²) in [7, 11) is 5.36. The quantitative estimate of drug-likeness (QED) is 0.685. The van der Waals surface area contributed by atoms with Crippen molar-refractivity contribution in [3.8, 4) is 0 Å². The fourth-order valence-corrected chi connectivity index (χ4v) is 1.71. The summed E-state index contributed by atoms with van der Waals surface area (Å²) in [6, 6.07) is 10.5. The molecule has 0 aromatic heterocycles. The fraction of sp³-hybridized carbons (Fsp3) is 0.571. The zero-order chi connectivity index (χ0) is 12.8. The van der Waals surface area contributed by atoms with Crippen LogP contribution in [0.25, 0.3) is 0 Å². The maximum absolute atomic E-state index is 5.65. The highest BCUT2D eigenvalue weighted by Crippen LogP contribution is 2.12. The van der Waals surface area contributed by atoms with Gasteiger partial charge in [-0.2, -0.15) is 0 Å².